The second-order valence-electron chi connectivity index (χ2n) is 3.49. The van der Waals surface area contributed by atoms with Gasteiger partial charge >= 0.3 is 0 Å². The Kier molecular flexibility index (Phi) is 2.44. The van der Waals surface area contributed by atoms with Crippen LogP contribution in [0.2, 0.25) is 0 Å². The summed E-state index contributed by atoms with van der Waals surface area (Å²) in [5, 5.41) is 1.12. The van der Waals surface area contributed by atoms with Crippen molar-refractivity contribution < 1.29 is 13.2 Å². The monoisotopic (exact) mass is 222 g/mol. The minimum absolute atomic E-state index is 0.0965. The minimum Gasteiger partial charge on any atom is -0.293 e. The Hall–Kier alpha value is -1.42. The quantitative estimate of drug-likeness (QED) is 0.711. The van der Waals surface area contributed by atoms with E-state index in [0.29, 0.717) is 5.56 Å². The van der Waals surface area contributed by atoms with Crippen LogP contribution in [-0.2, 0) is 9.84 Å². The molecule has 1 aliphatic rings. The first-order valence-electron chi connectivity index (χ1n) is 4.59. The predicted octanol–water partition coefficient (Wildman–Crippen LogP) is 1.43. The van der Waals surface area contributed by atoms with Crippen LogP contribution >= 0.6 is 0 Å². The number of hydrogen-bond acceptors (Lipinski definition) is 3. The molecule has 1 unspecified atom stereocenters. The Labute approximate surface area is 88.3 Å². The van der Waals surface area contributed by atoms with Gasteiger partial charge in [-0.3, -0.25) is 4.79 Å². The summed E-state index contributed by atoms with van der Waals surface area (Å²) in [6, 6.07) is 8.74. The summed E-state index contributed by atoms with van der Waals surface area (Å²) < 4.78 is 22.3. The lowest BCUT2D eigenvalue weighted by Gasteiger charge is -2.04. The molecule has 0 fully saturated rings. The van der Waals surface area contributed by atoms with Crippen molar-refractivity contribution in [2.24, 2.45) is 5.92 Å². The van der Waals surface area contributed by atoms with Crippen LogP contribution in [0.15, 0.2) is 41.8 Å². The fraction of sp³-hybridized carbons (Fsp3) is 0.182. The van der Waals surface area contributed by atoms with Crippen LogP contribution in [0.5, 0.6) is 0 Å². The molecule has 78 valence electrons. The number of ketones is 1. The summed E-state index contributed by atoms with van der Waals surface area (Å²) in [5.41, 5.74) is 0.559. The third-order valence-corrected chi connectivity index (χ3v) is 3.72. The highest BCUT2D eigenvalue weighted by Crippen LogP contribution is 2.19. The zero-order chi connectivity index (χ0) is 10.9. The number of hydrogen-bond donors (Lipinski definition) is 0. The number of carbonyl (C=O) groups is 1. The van der Waals surface area contributed by atoms with Crippen molar-refractivity contribution in [3.8, 4) is 0 Å². The molecule has 0 saturated carbocycles. The Bertz CT molecular complexity index is 500. The van der Waals surface area contributed by atoms with E-state index >= 15 is 0 Å². The van der Waals surface area contributed by atoms with E-state index in [9.17, 15) is 13.2 Å². The summed E-state index contributed by atoms with van der Waals surface area (Å²) >= 11 is 0. The van der Waals surface area contributed by atoms with E-state index in [0.717, 1.165) is 5.41 Å². The Morgan fingerprint density at radius 2 is 1.87 bits per heavy atom. The van der Waals surface area contributed by atoms with Crippen molar-refractivity contribution >= 4 is 15.6 Å². The molecule has 4 heteroatoms. The molecule has 0 spiro atoms. The molecule has 0 amide bonds. The lowest BCUT2D eigenvalue weighted by molar-refractivity contribution is 0.0955. The fourth-order valence-electron chi connectivity index (χ4n) is 1.56. The zero-order valence-corrected chi connectivity index (χ0v) is 8.78. The number of Topliss-reactive ketones (excluding diaryl/α,β-unsaturated/α-hetero) is 1. The molecular formula is C11H10O3S. The Balaban J connectivity index is 2.22. The van der Waals surface area contributed by atoms with Crippen molar-refractivity contribution in [3.63, 3.8) is 0 Å². The Morgan fingerprint density at radius 1 is 1.20 bits per heavy atom. The van der Waals surface area contributed by atoms with Gasteiger partial charge in [-0.05, 0) is 0 Å². The van der Waals surface area contributed by atoms with Gasteiger partial charge in [0.2, 0.25) is 0 Å². The van der Waals surface area contributed by atoms with Crippen LogP contribution in [0.25, 0.3) is 0 Å². The first kappa shape index (κ1) is 10.1. The SMILES string of the molecule is O=C(c1ccccc1)C1C=CS(=O)(=O)C1. The molecule has 1 aliphatic heterocycles. The molecule has 15 heavy (non-hydrogen) atoms. The first-order chi connectivity index (χ1) is 7.08. The summed E-state index contributed by atoms with van der Waals surface area (Å²) in [7, 11) is -3.15. The van der Waals surface area contributed by atoms with Crippen molar-refractivity contribution in [2.45, 2.75) is 0 Å². The van der Waals surface area contributed by atoms with Crippen molar-refractivity contribution in [1.29, 1.82) is 0 Å². The molecule has 2 rings (SSSR count). The van der Waals surface area contributed by atoms with Gasteiger partial charge in [-0.25, -0.2) is 8.42 Å². The largest absolute Gasteiger partial charge is 0.293 e. The van der Waals surface area contributed by atoms with Crippen LogP contribution in [0.4, 0.5) is 0 Å². The Morgan fingerprint density at radius 3 is 2.40 bits per heavy atom. The van der Waals surface area contributed by atoms with Gasteiger partial charge in [-0.2, -0.15) is 0 Å². The molecule has 0 radical (unpaired) electrons. The van der Waals surface area contributed by atoms with Crippen molar-refractivity contribution in [3.05, 3.63) is 47.4 Å². The standard InChI is InChI=1S/C11H10O3S/c12-11(9-4-2-1-3-5-9)10-6-7-15(13,14)8-10/h1-7,10H,8H2. The van der Waals surface area contributed by atoms with Gasteiger partial charge in [0.25, 0.3) is 0 Å². The molecule has 1 atom stereocenters. The lowest BCUT2D eigenvalue weighted by Crippen LogP contribution is -2.16. The van der Waals surface area contributed by atoms with E-state index < -0.39 is 15.8 Å². The highest BCUT2D eigenvalue weighted by atomic mass is 32.2. The molecule has 1 aromatic carbocycles. The summed E-state index contributed by atoms with van der Waals surface area (Å²) in [6.07, 6.45) is 1.46. The van der Waals surface area contributed by atoms with Gasteiger partial charge in [0, 0.05) is 11.0 Å². The maximum absolute atomic E-state index is 11.8. The minimum atomic E-state index is -3.15. The van der Waals surface area contributed by atoms with E-state index in [1.54, 1.807) is 24.3 Å². The van der Waals surface area contributed by atoms with Gasteiger partial charge in [0.1, 0.15) is 0 Å². The average Bonchev–Trinajstić information content (AvgIpc) is 2.59. The van der Waals surface area contributed by atoms with Gasteiger partial charge < -0.3 is 0 Å². The number of carbonyl (C=O) groups excluding carboxylic acids is 1. The third kappa shape index (κ3) is 2.15. The second-order valence-corrected chi connectivity index (χ2v) is 5.43. The van der Waals surface area contributed by atoms with E-state index in [1.807, 2.05) is 6.07 Å². The molecule has 1 aromatic rings. The van der Waals surface area contributed by atoms with Crippen LogP contribution in [0.3, 0.4) is 0 Å². The molecule has 0 saturated heterocycles. The van der Waals surface area contributed by atoms with Crippen molar-refractivity contribution in [1.82, 2.24) is 0 Å². The summed E-state index contributed by atoms with van der Waals surface area (Å²) in [4.78, 5) is 11.8. The normalized spacial score (nSPS) is 22.8. The molecular weight excluding hydrogens is 212 g/mol. The van der Waals surface area contributed by atoms with Gasteiger partial charge in [-0.15, -0.1) is 0 Å². The van der Waals surface area contributed by atoms with Crippen LogP contribution in [0.1, 0.15) is 10.4 Å². The predicted molar refractivity (Wildman–Crippen MR) is 57.2 cm³/mol. The van der Waals surface area contributed by atoms with E-state index in [-0.39, 0.29) is 11.5 Å². The van der Waals surface area contributed by atoms with Gasteiger partial charge in [0.15, 0.2) is 15.6 Å². The summed E-state index contributed by atoms with van der Waals surface area (Å²) in [5.74, 6) is -0.744. The van der Waals surface area contributed by atoms with E-state index in [2.05, 4.69) is 0 Å². The maximum Gasteiger partial charge on any atom is 0.172 e. The molecule has 1 heterocycles. The maximum atomic E-state index is 11.8. The second kappa shape index (κ2) is 3.62. The highest BCUT2D eigenvalue weighted by molar-refractivity contribution is 7.94. The van der Waals surface area contributed by atoms with Crippen LogP contribution in [-0.4, -0.2) is 20.0 Å². The van der Waals surface area contributed by atoms with E-state index in [1.165, 1.54) is 6.08 Å². The first-order valence-corrected chi connectivity index (χ1v) is 6.30. The lowest BCUT2D eigenvalue weighted by atomic mass is 10.00. The number of sulfone groups is 1. The fourth-order valence-corrected chi connectivity index (χ4v) is 2.86. The molecule has 3 nitrogen and oxygen atoms in total. The summed E-state index contributed by atoms with van der Waals surface area (Å²) in [6.45, 7) is 0. The smallest absolute Gasteiger partial charge is 0.172 e. The van der Waals surface area contributed by atoms with Gasteiger partial charge in [-0.1, -0.05) is 36.4 Å². The molecule has 0 aliphatic carbocycles. The third-order valence-electron chi connectivity index (χ3n) is 2.33. The number of rotatable bonds is 2. The van der Waals surface area contributed by atoms with Gasteiger partial charge in [0.05, 0.1) is 11.7 Å². The molecule has 0 N–H and O–H groups in total. The number of benzene rings is 1. The average molecular weight is 222 g/mol. The van der Waals surface area contributed by atoms with Crippen molar-refractivity contribution in [2.75, 3.05) is 5.75 Å². The molecule has 0 aromatic heterocycles. The zero-order valence-electron chi connectivity index (χ0n) is 7.96. The van der Waals surface area contributed by atoms with E-state index in [4.69, 9.17) is 0 Å². The number of allylic oxidation sites excluding steroid dienone is 1. The topological polar surface area (TPSA) is 51.2 Å². The molecule has 0 bridgehead atoms. The van der Waals surface area contributed by atoms with Crippen LogP contribution < -0.4 is 0 Å². The highest BCUT2D eigenvalue weighted by Gasteiger charge is 2.27. The van der Waals surface area contributed by atoms with Crippen LogP contribution in [0, 0.1) is 5.92 Å².